The van der Waals surface area contributed by atoms with Crippen LogP contribution in [0.1, 0.15) is 6.92 Å². The van der Waals surface area contributed by atoms with Crippen molar-refractivity contribution in [1.29, 1.82) is 0 Å². The molecular formula is C17H15FN4. The van der Waals surface area contributed by atoms with Crippen LogP contribution >= 0.6 is 0 Å². The van der Waals surface area contributed by atoms with Crippen LogP contribution < -0.4 is 5.32 Å². The van der Waals surface area contributed by atoms with E-state index in [2.05, 4.69) is 20.3 Å². The first-order chi connectivity index (χ1) is 10.8. The Morgan fingerprint density at radius 2 is 1.91 bits per heavy atom. The molecule has 0 saturated carbocycles. The average Bonchev–Trinajstić information content (AvgIpc) is 2.56. The molecule has 4 nitrogen and oxygen atoms in total. The summed E-state index contributed by atoms with van der Waals surface area (Å²) in [5, 5.41) is 3.08. The van der Waals surface area contributed by atoms with Crippen molar-refractivity contribution in [1.82, 2.24) is 15.0 Å². The lowest BCUT2D eigenvalue weighted by Crippen LogP contribution is -2.03. The third-order valence-electron chi connectivity index (χ3n) is 3.21. The number of benzene rings is 1. The fraction of sp³-hybridized carbons (Fsp3) is 0.118. The summed E-state index contributed by atoms with van der Waals surface area (Å²) in [5.74, 6) is 0.237. The Kier molecular flexibility index (Phi) is 4.05. The fourth-order valence-corrected chi connectivity index (χ4v) is 2.22. The average molecular weight is 294 g/mol. The number of pyridine rings is 1. The second-order valence-corrected chi connectivity index (χ2v) is 4.73. The van der Waals surface area contributed by atoms with Crippen molar-refractivity contribution in [2.75, 3.05) is 11.9 Å². The highest BCUT2D eigenvalue weighted by Crippen LogP contribution is 2.30. The molecule has 0 radical (unpaired) electrons. The first-order valence-corrected chi connectivity index (χ1v) is 7.05. The van der Waals surface area contributed by atoms with E-state index in [1.54, 1.807) is 24.7 Å². The number of halogens is 1. The van der Waals surface area contributed by atoms with E-state index in [1.807, 2.05) is 25.1 Å². The van der Waals surface area contributed by atoms with E-state index < -0.39 is 0 Å². The van der Waals surface area contributed by atoms with E-state index in [4.69, 9.17) is 0 Å². The van der Waals surface area contributed by atoms with Gasteiger partial charge in [-0.05, 0) is 36.8 Å². The predicted octanol–water partition coefficient (Wildman–Crippen LogP) is 3.78. The zero-order valence-corrected chi connectivity index (χ0v) is 12.1. The maximum absolute atomic E-state index is 13.6. The summed E-state index contributed by atoms with van der Waals surface area (Å²) in [4.78, 5) is 12.9. The van der Waals surface area contributed by atoms with Crippen molar-refractivity contribution < 1.29 is 4.39 Å². The molecule has 5 heteroatoms. The molecular weight excluding hydrogens is 279 g/mol. The highest BCUT2D eigenvalue weighted by atomic mass is 19.1. The van der Waals surface area contributed by atoms with Crippen molar-refractivity contribution in [3.63, 3.8) is 0 Å². The maximum Gasteiger partial charge on any atom is 0.223 e. The molecule has 1 N–H and O–H groups in total. The van der Waals surface area contributed by atoms with Crippen molar-refractivity contribution in [3.8, 4) is 22.4 Å². The minimum Gasteiger partial charge on any atom is -0.354 e. The summed E-state index contributed by atoms with van der Waals surface area (Å²) in [6.07, 6.45) is 5.17. The van der Waals surface area contributed by atoms with Crippen LogP contribution in [0, 0.1) is 5.82 Å². The van der Waals surface area contributed by atoms with Gasteiger partial charge in [0.2, 0.25) is 5.95 Å². The van der Waals surface area contributed by atoms with Gasteiger partial charge in [-0.3, -0.25) is 4.98 Å². The molecule has 0 unspecified atom stereocenters. The molecule has 2 heterocycles. The minimum atomic E-state index is -0.290. The first kappa shape index (κ1) is 14.1. The minimum absolute atomic E-state index is 0.290. The van der Waals surface area contributed by atoms with Gasteiger partial charge in [0, 0.05) is 36.3 Å². The number of hydrogen-bond acceptors (Lipinski definition) is 4. The zero-order chi connectivity index (χ0) is 15.4. The highest BCUT2D eigenvalue weighted by Gasteiger charge is 2.12. The molecule has 1 aromatic carbocycles. The summed E-state index contributed by atoms with van der Waals surface area (Å²) in [6, 6.07) is 10.2. The largest absolute Gasteiger partial charge is 0.354 e. The summed E-state index contributed by atoms with van der Waals surface area (Å²) in [7, 11) is 0. The van der Waals surface area contributed by atoms with Crippen molar-refractivity contribution in [2.24, 2.45) is 0 Å². The summed E-state index contributed by atoms with van der Waals surface area (Å²) >= 11 is 0. The van der Waals surface area contributed by atoms with E-state index in [1.165, 1.54) is 12.1 Å². The zero-order valence-electron chi connectivity index (χ0n) is 12.1. The number of anilines is 1. The first-order valence-electron chi connectivity index (χ1n) is 7.05. The van der Waals surface area contributed by atoms with Gasteiger partial charge in [-0.15, -0.1) is 0 Å². The van der Waals surface area contributed by atoms with Gasteiger partial charge in [-0.25, -0.2) is 14.4 Å². The molecule has 0 saturated heterocycles. The quantitative estimate of drug-likeness (QED) is 0.795. The molecule has 0 amide bonds. The van der Waals surface area contributed by atoms with E-state index in [0.29, 0.717) is 17.2 Å². The van der Waals surface area contributed by atoms with Crippen LogP contribution in [-0.2, 0) is 0 Å². The van der Waals surface area contributed by atoms with Gasteiger partial charge in [0.1, 0.15) is 5.82 Å². The lowest BCUT2D eigenvalue weighted by Gasteiger charge is -2.11. The van der Waals surface area contributed by atoms with Crippen LogP contribution in [0.25, 0.3) is 22.4 Å². The van der Waals surface area contributed by atoms with Gasteiger partial charge >= 0.3 is 0 Å². The smallest absolute Gasteiger partial charge is 0.223 e. The molecule has 0 aliphatic heterocycles. The molecule has 0 atom stereocenters. The Balaban J connectivity index is 2.17. The Morgan fingerprint density at radius 3 is 2.64 bits per heavy atom. The standard InChI is InChI=1S/C17H15FN4/c1-2-20-17-21-11-15(12-6-8-19-9-7-12)16(22-17)13-4-3-5-14(18)10-13/h3-11H,2H2,1H3,(H,20,21,22). The maximum atomic E-state index is 13.6. The number of nitrogens with one attached hydrogen (secondary N) is 1. The van der Waals surface area contributed by atoms with E-state index >= 15 is 0 Å². The molecule has 0 bridgehead atoms. The summed E-state index contributed by atoms with van der Waals surface area (Å²) < 4.78 is 13.6. The van der Waals surface area contributed by atoms with Crippen LogP contribution in [-0.4, -0.2) is 21.5 Å². The molecule has 110 valence electrons. The van der Waals surface area contributed by atoms with Crippen LogP contribution in [0.15, 0.2) is 55.0 Å². The van der Waals surface area contributed by atoms with Crippen LogP contribution in [0.5, 0.6) is 0 Å². The van der Waals surface area contributed by atoms with Crippen LogP contribution in [0.2, 0.25) is 0 Å². The van der Waals surface area contributed by atoms with Crippen LogP contribution in [0.4, 0.5) is 10.3 Å². The molecule has 0 spiro atoms. The third kappa shape index (κ3) is 2.93. The second kappa shape index (κ2) is 6.30. The third-order valence-corrected chi connectivity index (χ3v) is 3.21. The van der Waals surface area contributed by atoms with Crippen molar-refractivity contribution >= 4 is 5.95 Å². The van der Waals surface area contributed by atoms with Crippen LogP contribution in [0.3, 0.4) is 0 Å². The van der Waals surface area contributed by atoms with E-state index in [0.717, 1.165) is 17.7 Å². The number of nitrogens with zero attached hydrogens (tertiary/aromatic N) is 3. The highest BCUT2D eigenvalue weighted by molar-refractivity contribution is 5.80. The van der Waals surface area contributed by atoms with Gasteiger partial charge < -0.3 is 5.32 Å². The number of aromatic nitrogens is 3. The monoisotopic (exact) mass is 294 g/mol. The normalized spacial score (nSPS) is 10.5. The summed E-state index contributed by atoms with van der Waals surface area (Å²) in [5.41, 5.74) is 3.19. The van der Waals surface area contributed by atoms with Gasteiger partial charge in [0.05, 0.1) is 5.69 Å². The second-order valence-electron chi connectivity index (χ2n) is 4.73. The number of hydrogen-bond donors (Lipinski definition) is 1. The molecule has 0 aliphatic rings. The topological polar surface area (TPSA) is 50.7 Å². The van der Waals surface area contributed by atoms with Gasteiger partial charge in [-0.1, -0.05) is 12.1 Å². The van der Waals surface area contributed by atoms with E-state index in [-0.39, 0.29) is 5.82 Å². The Hall–Kier alpha value is -2.82. The lowest BCUT2D eigenvalue weighted by molar-refractivity contribution is 0.628. The Bertz CT molecular complexity index is 775. The molecule has 0 fully saturated rings. The predicted molar refractivity (Wildman–Crippen MR) is 84.8 cm³/mol. The molecule has 3 aromatic rings. The van der Waals surface area contributed by atoms with Crippen molar-refractivity contribution in [2.45, 2.75) is 6.92 Å². The Morgan fingerprint density at radius 1 is 1.09 bits per heavy atom. The SMILES string of the molecule is CCNc1ncc(-c2ccncc2)c(-c2cccc(F)c2)n1. The molecule has 2 aromatic heterocycles. The molecule has 3 rings (SSSR count). The Labute approximate surface area is 128 Å². The van der Waals surface area contributed by atoms with Gasteiger partial charge in [-0.2, -0.15) is 0 Å². The summed E-state index contributed by atoms with van der Waals surface area (Å²) in [6.45, 7) is 2.69. The number of rotatable bonds is 4. The van der Waals surface area contributed by atoms with Gasteiger partial charge in [0.15, 0.2) is 0 Å². The van der Waals surface area contributed by atoms with Gasteiger partial charge in [0.25, 0.3) is 0 Å². The fourth-order valence-electron chi connectivity index (χ4n) is 2.22. The van der Waals surface area contributed by atoms with E-state index in [9.17, 15) is 4.39 Å². The lowest BCUT2D eigenvalue weighted by atomic mass is 10.0. The van der Waals surface area contributed by atoms with Crippen molar-refractivity contribution in [3.05, 3.63) is 60.8 Å². The molecule has 0 aliphatic carbocycles. The molecule has 22 heavy (non-hydrogen) atoms.